The van der Waals surface area contributed by atoms with Gasteiger partial charge in [0.25, 0.3) is 0 Å². The van der Waals surface area contributed by atoms with Crippen molar-refractivity contribution in [1.29, 1.82) is 5.26 Å². The number of halogens is 2. The fraction of sp³-hybridized carbons (Fsp3) is 0.286. The van der Waals surface area contributed by atoms with Gasteiger partial charge in [-0.15, -0.1) is 0 Å². The van der Waals surface area contributed by atoms with E-state index in [0.717, 1.165) is 0 Å². The summed E-state index contributed by atoms with van der Waals surface area (Å²) < 4.78 is 1.77. The zero-order chi connectivity index (χ0) is 14.2. The maximum atomic E-state index is 9.23. The molecule has 0 N–H and O–H groups in total. The third-order valence-corrected chi connectivity index (χ3v) is 3.26. The molecule has 0 aliphatic heterocycles. The van der Waals surface area contributed by atoms with Crippen LogP contribution in [0.1, 0.15) is 26.3 Å². The van der Waals surface area contributed by atoms with Crippen LogP contribution >= 0.6 is 23.2 Å². The van der Waals surface area contributed by atoms with E-state index in [9.17, 15) is 5.26 Å². The van der Waals surface area contributed by atoms with Crippen molar-refractivity contribution in [3.63, 3.8) is 0 Å². The zero-order valence-electron chi connectivity index (χ0n) is 10.9. The van der Waals surface area contributed by atoms with Crippen LogP contribution in [0, 0.1) is 11.3 Å². The Morgan fingerprint density at radius 1 is 1.26 bits per heavy atom. The molecule has 0 saturated carbocycles. The van der Waals surface area contributed by atoms with E-state index in [4.69, 9.17) is 23.2 Å². The summed E-state index contributed by atoms with van der Waals surface area (Å²) in [6.45, 7) is 6.07. The summed E-state index contributed by atoms with van der Waals surface area (Å²) in [5.74, 6) is 0. The summed E-state index contributed by atoms with van der Waals surface area (Å²) >= 11 is 12.1. The normalized spacial score (nSPS) is 11.4. The maximum absolute atomic E-state index is 9.23. The second kappa shape index (κ2) is 4.88. The third kappa shape index (κ3) is 2.75. The van der Waals surface area contributed by atoms with Gasteiger partial charge in [-0.2, -0.15) is 10.4 Å². The standard InChI is InChI=1S/C14H13Cl2N3/c1-14(2,3)19-8-9(7-17)13(18-19)11-5-4-10(15)6-12(11)16/h4-6,8H,1-3H3. The van der Waals surface area contributed by atoms with Crippen molar-refractivity contribution < 1.29 is 0 Å². The molecule has 2 aromatic rings. The van der Waals surface area contributed by atoms with Crippen molar-refractivity contribution in [2.75, 3.05) is 0 Å². The van der Waals surface area contributed by atoms with Gasteiger partial charge in [-0.05, 0) is 39.0 Å². The highest BCUT2D eigenvalue weighted by atomic mass is 35.5. The number of nitriles is 1. The van der Waals surface area contributed by atoms with E-state index in [1.807, 2.05) is 20.8 Å². The van der Waals surface area contributed by atoms with Crippen LogP contribution in [-0.2, 0) is 5.54 Å². The highest BCUT2D eigenvalue weighted by Crippen LogP contribution is 2.32. The molecule has 3 nitrogen and oxygen atoms in total. The number of rotatable bonds is 1. The summed E-state index contributed by atoms with van der Waals surface area (Å²) in [4.78, 5) is 0. The van der Waals surface area contributed by atoms with Crippen LogP contribution < -0.4 is 0 Å². The molecule has 1 aromatic carbocycles. The van der Waals surface area contributed by atoms with E-state index in [2.05, 4.69) is 11.2 Å². The Balaban J connectivity index is 2.62. The molecule has 2 rings (SSSR count). The van der Waals surface area contributed by atoms with Gasteiger partial charge in [-0.25, -0.2) is 0 Å². The van der Waals surface area contributed by atoms with Crippen LogP contribution in [0.2, 0.25) is 10.0 Å². The molecule has 0 saturated heterocycles. The molecule has 0 atom stereocenters. The minimum absolute atomic E-state index is 0.192. The molecular weight excluding hydrogens is 281 g/mol. The Morgan fingerprint density at radius 2 is 1.95 bits per heavy atom. The fourth-order valence-electron chi connectivity index (χ4n) is 1.68. The van der Waals surface area contributed by atoms with E-state index in [1.165, 1.54) is 0 Å². The van der Waals surface area contributed by atoms with E-state index in [0.29, 0.717) is 26.9 Å². The summed E-state index contributed by atoms with van der Waals surface area (Å²) in [5, 5.41) is 14.8. The molecule has 0 aliphatic rings. The van der Waals surface area contributed by atoms with E-state index >= 15 is 0 Å². The highest BCUT2D eigenvalue weighted by molar-refractivity contribution is 6.36. The van der Waals surface area contributed by atoms with Crippen molar-refractivity contribution >= 4 is 23.2 Å². The Labute approximate surface area is 122 Å². The lowest BCUT2D eigenvalue weighted by Gasteiger charge is -2.18. The van der Waals surface area contributed by atoms with Gasteiger partial charge in [0.2, 0.25) is 0 Å². The molecule has 98 valence electrons. The number of aromatic nitrogens is 2. The molecule has 0 radical (unpaired) electrons. The molecule has 1 aromatic heterocycles. The largest absolute Gasteiger partial charge is 0.265 e. The van der Waals surface area contributed by atoms with Gasteiger partial charge >= 0.3 is 0 Å². The van der Waals surface area contributed by atoms with Gasteiger partial charge in [0.05, 0.1) is 16.1 Å². The van der Waals surface area contributed by atoms with Crippen LogP contribution in [0.15, 0.2) is 24.4 Å². The average Bonchev–Trinajstić information content (AvgIpc) is 2.72. The first-order valence-electron chi connectivity index (χ1n) is 5.78. The van der Waals surface area contributed by atoms with Crippen LogP contribution in [0.5, 0.6) is 0 Å². The van der Waals surface area contributed by atoms with Crippen LogP contribution in [0.4, 0.5) is 0 Å². The second-order valence-corrected chi connectivity index (χ2v) is 6.09. The van der Waals surface area contributed by atoms with Crippen molar-refractivity contribution in [1.82, 2.24) is 9.78 Å². The van der Waals surface area contributed by atoms with Gasteiger partial charge in [-0.3, -0.25) is 4.68 Å². The van der Waals surface area contributed by atoms with Gasteiger partial charge in [0.1, 0.15) is 11.8 Å². The average molecular weight is 294 g/mol. The Kier molecular flexibility index (Phi) is 3.58. The first-order valence-corrected chi connectivity index (χ1v) is 6.54. The van der Waals surface area contributed by atoms with E-state index in [1.54, 1.807) is 29.1 Å². The predicted octanol–water partition coefficient (Wildman–Crippen LogP) is 4.48. The fourth-order valence-corrected chi connectivity index (χ4v) is 2.18. The van der Waals surface area contributed by atoms with Gasteiger partial charge in [0.15, 0.2) is 0 Å². The van der Waals surface area contributed by atoms with E-state index in [-0.39, 0.29) is 5.54 Å². The lowest BCUT2D eigenvalue weighted by molar-refractivity contribution is 0.356. The summed E-state index contributed by atoms with van der Waals surface area (Å²) in [6.07, 6.45) is 1.74. The molecule has 0 amide bonds. The molecule has 0 unspecified atom stereocenters. The van der Waals surface area contributed by atoms with Crippen molar-refractivity contribution in [2.45, 2.75) is 26.3 Å². The van der Waals surface area contributed by atoms with Crippen molar-refractivity contribution in [3.05, 3.63) is 40.0 Å². The van der Waals surface area contributed by atoms with E-state index < -0.39 is 0 Å². The summed E-state index contributed by atoms with van der Waals surface area (Å²) in [5.41, 5.74) is 1.60. The molecule has 5 heteroatoms. The summed E-state index contributed by atoms with van der Waals surface area (Å²) in [7, 11) is 0. The minimum atomic E-state index is -0.192. The number of nitrogens with zero attached hydrogens (tertiary/aromatic N) is 3. The smallest absolute Gasteiger partial charge is 0.112 e. The predicted molar refractivity (Wildman–Crippen MR) is 77.4 cm³/mol. The molecule has 1 heterocycles. The first kappa shape index (κ1) is 13.9. The number of hydrogen-bond donors (Lipinski definition) is 0. The van der Waals surface area contributed by atoms with Crippen molar-refractivity contribution in [2.24, 2.45) is 0 Å². The second-order valence-electron chi connectivity index (χ2n) is 5.24. The first-order chi connectivity index (χ1) is 8.82. The van der Waals surface area contributed by atoms with Crippen LogP contribution in [0.3, 0.4) is 0 Å². The molecule has 0 bridgehead atoms. The van der Waals surface area contributed by atoms with Crippen molar-refractivity contribution in [3.8, 4) is 17.3 Å². The Morgan fingerprint density at radius 3 is 2.47 bits per heavy atom. The Hall–Kier alpha value is -1.50. The maximum Gasteiger partial charge on any atom is 0.112 e. The minimum Gasteiger partial charge on any atom is -0.265 e. The molecule has 19 heavy (non-hydrogen) atoms. The quantitative estimate of drug-likeness (QED) is 0.778. The lowest BCUT2D eigenvalue weighted by atomic mass is 10.1. The summed E-state index contributed by atoms with van der Waals surface area (Å²) in [6, 6.07) is 7.32. The Bertz CT molecular complexity index is 660. The van der Waals surface area contributed by atoms with Gasteiger partial charge in [0, 0.05) is 16.8 Å². The third-order valence-electron chi connectivity index (χ3n) is 2.71. The lowest BCUT2D eigenvalue weighted by Crippen LogP contribution is -2.22. The number of hydrogen-bond acceptors (Lipinski definition) is 2. The van der Waals surface area contributed by atoms with Crippen LogP contribution in [0.25, 0.3) is 11.3 Å². The zero-order valence-corrected chi connectivity index (χ0v) is 12.4. The van der Waals surface area contributed by atoms with Gasteiger partial charge < -0.3 is 0 Å². The molecule has 0 fully saturated rings. The highest BCUT2D eigenvalue weighted by Gasteiger charge is 2.20. The molecule has 0 spiro atoms. The molecule has 0 aliphatic carbocycles. The molecular formula is C14H13Cl2N3. The monoisotopic (exact) mass is 293 g/mol. The van der Waals surface area contributed by atoms with Crippen LogP contribution in [-0.4, -0.2) is 9.78 Å². The SMILES string of the molecule is CC(C)(C)n1cc(C#N)c(-c2ccc(Cl)cc2Cl)n1. The van der Waals surface area contributed by atoms with Gasteiger partial charge in [-0.1, -0.05) is 23.2 Å². The topological polar surface area (TPSA) is 41.6 Å². The number of benzene rings is 1.